The molecule has 2 nitrogen and oxygen atoms in total. The summed E-state index contributed by atoms with van der Waals surface area (Å²) in [4.78, 5) is 2.48. The molecule has 0 spiro atoms. The molecule has 90 valence electrons. The van der Waals surface area contributed by atoms with E-state index in [1.165, 1.54) is 37.8 Å². The molecule has 1 heterocycles. The Morgan fingerprint density at radius 3 is 2.88 bits per heavy atom. The molecule has 2 aliphatic rings. The molecule has 0 radical (unpaired) electrons. The molecule has 0 atom stereocenters. The van der Waals surface area contributed by atoms with E-state index in [-0.39, 0.29) is 0 Å². The van der Waals surface area contributed by atoms with E-state index in [1.807, 2.05) is 0 Å². The van der Waals surface area contributed by atoms with E-state index in [9.17, 15) is 0 Å². The van der Waals surface area contributed by atoms with Crippen molar-refractivity contribution in [3.05, 3.63) is 23.4 Å². The number of rotatable bonds is 3. The summed E-state index contributed by atoms with van der Waals surface area (Å²) in [6.45, 7) is 6.15. The summed E-state index contributed by atoms with van der Waals surface area (Å²) >= 11 is 0. The quantitative estimate of drug-likeness (QED) is 0.726. The van der Waals surface area contributed by atoms with Crippen molar-refractivity contribution >= 4 is 0 Å². The predicted molar refractivity (Wildman–Crippen MR) is 67.3 cm³/mol. The van der Waals surface area contributed by atoms with Crippen molar-refractivity contribution in [3.8, 4) is 0 Å². The van der Waals surface area contributed by atoms with Crippen LogP contribution in [0.3, 0.4) is 0 Å². The van der Waals surface area contributed by atoms with Crippen LogP contribution in [0.15, 0.2) is 23.4 Å². The van der Waals surface area contributed by atoms with Gasteiger partial charge >= 0.3 is 0 Å². The second-order valence-electron chi connectivity index (χ2n) is 4.67. The van der Waals surface area contributed by atoms with Gasteiger partial charge in [-0.1, -0.05) is 25.0 Å². The zero-order valence-electron chi connectivity index (χ0n) is 10.4. The van der Waals surface area contributed by atoms with Gasteiger partial charge in [-0.3, -0.25) is 0 Å². The third kappa shape index (κ3) is 3.11. The summed E-state index contributed by atoms with van der Waals surface area (Å²) in [7, 11) is 0. The van der Waals surface area contributed by atoms with Crippen LogP contribution in [0.5, 0.6) is 0 Å². The predicted octanol–water partition coefficient (Wildman–Crippen LogP) is 3.11. The van der Waals surface area contributed by atoms with Crippen molar-refractivity contribution in [2.24, 2.45) is 0 Å². The molecule has 0 bridgehead atoms. The normalized spacial score (nSPS) is 22.4. The Kier molecular flexibility index (Phi) is 4.46. The van der Waals surface area contributed by atoms with E-state index in [2.05, 4.69) is 24.0 Å². The molecule has 1 fully saturated rings. The minimum absolute atomic E-state index is 0.883. The van der Waals surface area contributed by atoms with E-state index in [1.54, 1.807) is 5.57 Å². The Labute approximate surface area is 99.0 Å². The van der Waals surface area contributed by atoms with Gasteiger partial charge in [0.15, 0.2) is 0 Å². The van der Waals surface area contributed by atoms with Gasteiger partial charge in [-0.05, 0) is 31.8 Å². The molecule has 2 heteroatoms. The van der Waals surface area contributed by atoms with Crippen LogP contribution in [0.2, 0.25) is 0 Å². The van der Waals surface area contributed by atoms with Crippen molar-refractivity contribution in [3.63, 3.8) is 0 Å². The molecule has 0 amide bonds. The van der Waals surface area contributed by atoms with E-state index < -0.39 is 0 Å². The lowest BCUT2D eigenvalue weighted by atomic mass is 10.1. The van der Waals surface area contributed by atoms with Crippen molar-refractivity contribution in [2.45, 2.75) is 39.0 Å². The first kappa shape index (κ1) is 11.7. The summed E-state index contributed by atoms with van der Waals surface area (Å²) in [5.74, 6) is 0. The smallest absolute Gasteiger partial charge is 0.0642 e. The fraction of sp³-hybridized carbons (Fsp3) is 0.714. The van der Waals surface area contributed by atoms with Crippen molar-refractivity contribution in [2.75, 3.05) is 26.3 Å². The Morgan fingerprint density at radius 2 is 2.12 bits per heavy atom. The van der Waals surface area contributed by atoms with Gasteiger partial charge in [0.1, 0.15) is 0 Å². The Balaban J connectivity index is 2.04. The zero-order chi connectivity index (χ0) is 11.2. The third-order valence-corrected chi connectivity index (χ3v) is 3.35. The molecule has 0 unspecified atom stereocenters. The van der Waals surface area contributed by atoms with E-state index >= 15 is 0 Å². The molecule has 16 heavy (non-hydrogen) atoms. The van der Waals surface area contributed by atoms with E-state index in [4.69, 9.17) is 4.74 Å². The molecule has 0 saturated carbocycles. The Morgan fingerprint density at radius 1 is 1.31 bits per heavy atom. The van der Waals surface area contributed by atoms with Crippen LogP contribution >= 0.6 is 0 Å². The highest BCUT2D eigenvalue weighted by molar-refractivity contribution is 5.25. The summed E-state index contributed by atoms with van der Waals surface area (Å²) in [6, 6.07) is 0. The fourth-order valence-electron chi connectivity index (χ4n) is 2.48. The van der Waals surface area contributed by atoms with Crippen LogP contribution in [0.1, 0.15) is 39.0 Å². The topological polar surface area (TPSA) is 12.5 Å². The van der Waals surface area contributed by atoms with Gasteiger partial charge in [0.05, 0.1) is 13.2 Å². The first-order chi connectivity index (χ1) is 7.90. The van der Waals surface area contributed by atoms with Crippen LogP contribution in [0.4, 0.5) is 0 Å². The second kappa shape index (κ2) is 6.09. The van der Waals surface area contributed by atoms with Crippen LogP contribution in [-0.4, -0.2) is 31.2 Å². The van der Waals surface area contributed by atoms with Crippen molar-refractivity contribution < 1.29 is 4.74 Å². The van der Waals surface area contributed by atoms with Gasteiger partial charge in [0.2, 0.25) is 0 Å². The van der Waals surface area contributed by atoms with Crippen LogP contribution in [0.25, 0.3) is 0 Å². The highest BCUT2D eigenvalue weighted by Crippen LogP contribution is 2.23. The van der Waals surface area contributed by atoms with E-state index in [0.29, 0.717) is 0 Å². The first-order valence-corrected chi connectivity index (χ1v) is 6.62. The molecular weight excluding hydrogens is 198 g/mol. The molecule has 0 N–H and O–H groups in total. The fourth-order valence-corrected chi connectivity index (χ4v) is 2.48. The molecule has 1 saturated heterocycles. The average Bonchev–Trinajstić information content (AvgIpc) is 2.56. The first-order valence-electron chi connectivity index (χ1n) is 6.62. The lowest BCUT2D eigenvalue weighted by Gasteiger charge is -2.30. The monoisotopic (exact) mass is 221 g/mol. The van der Waals surface area contributed by atoms with Crippen LogP contribution < -0.4 is 0 Å². The van der Waals surface area contributed by atoms with Gasteiger partial charge < -0.3 is 9.64 Å². The van der Waals surface area contributed by atoms with Gasteiger partial charge in [-0.15, -0.1) is 0 Å². The Hall–Kier alpha value is -0.760. The largest absolute Gasteiger partial charge is 0.378 e. The summed E-state index contributed by atoms with van der Waals surface area (Å²) < 4.78 is 5.41. The second-order valence-corrected chi connectivity index (χ2v) is 4.67. The van der Waals surface area contributed by atoms with Gasteiger partial charge in [-0.25, -0.2) is 0 Å². The van der Waals surface area contributed by atoms with E-state index in [0.717, 1.165) is 26.3 Å². The Bertz CT molecular complexity index is 270. The maximum absolute atomic E-state index is 5.41. The average molecular weight is 221 g/mol. The van der Waals surface area contributed by atoms with Gasteiger partial charge in [0, 0.05) is 18.8 Å². The number of allylic oxidation sites excluding steroid dienone is 3. The summed E-state index contributed by atoms with van der Waals surface area (Å²) in [5, 5.41) is 0. The third-order valence-electron chi connectivity index (χ3n) is 3.35. The number of morpholine rings is 1. The number of hydrogen-bond donors (Lipinski definition) is 0. The number of hydrogen-bond acceptors (Lipinski definition) is 2. The molecule has 1 aliphatic heterocycles. The molecular formula is C14H23NO. The lowest BCUT2D eigenvalue weighted by Crippen LogP contribution is -2.35. The lowest BCUT2D eigenvalue weighted by molar-refractivity contribution is 0.0552. The summed E-state index contributed by atoms with van der Waals surface area (Å²) in [5.41, 5.74) is 3.09. The summed E-state index contributed by atoms with van der Waals surface area (Å²) in [6.07, 6.45) is 11.2. The number of ether oxygens (including phenoxy) is 1. The maximum atomic E-state index is 5.41. The minimum atomic E-state index is 0.883. The minimum Gasteiger partial charge on any atom is -0.378 e. The standard InChI is InChI=1S/C14H23NO/c1-2-5-13-6-3-4-7-14(12-13)15-8-10-16-11-9-15/h7,12H,2-6,8-11H2,1H3. The SMILES string of the molecule is CCCC1=CC(N2CCOCC2)=CCCC1. The highest BCUT2D eigenvalue weighted by Gasteiger charge is 2.13. The molecule has 2 rings (SSSR count). The van der Waals surface area contributed by atoms with Crippen molar-refractivity contribution in [1.82, 2.24) is 4.90 Å². The molecule has 0 aromatic heterocycles. The molecule has 0 aromatic carbocycles. The highest BCUT2D eigenvalue weighted by atomic mass is 16.5. The molecule has 0 aromatic rings. The van der Waals surface area contributed by atoms with Gasteiger partial charge in [0.25, 0.3) is 0 Å². The van der Waals surface area contributed by atoms with Crippen LogP contribution in [-0.2, 0) is 4.74 Å². The van der Waals surface area contributed by atoms with Crippen LogP contribution in [0, 0.1) is 0 Å². The number of nitrogens with zero attached hydrogens (tertiary/aromatic N) is 1. The van der Waals surface area contributed by atoms with Gasteiger partial charge in [-0.2, -0.15) is 0 Å². The zero-order valence-corrected chi connectivity index (χ0v) is 10.4. The molecule has 1 aliphatic carbocycles. The van der Waals surface area contributed by atoms with Crippen molar-refractivity contribution in [1.29, 1.82) is 0 Å². The maximum Gasteiger partial charge on any atom is 0.0642 e.